The summed E-state index contributed by atoms with van der Waals surface area (Å²) in [6.07, 6.45) is 4.15. The van der Waals surface area contributed by atoms with Crippen molar-refractivity contribution in [3.63, 3.8) is 0 Å². The number of rotatable bonds is 3. The largest absolute Gasteiger partial charge is 0.472 e. The summed E-state index contributed by atoms with van der Waals surface area (Å²) in [5, 5.41) is 4.25. The van der Waals surface area contributed by atoms with Gasteiger partial charge < -0.3 is 9.64 Å². The molecule has 1 aliphatic heterocycles. The standard InChI is InChI=1S/C32H25NO2/c1-33(2)31(34)28-21-23-18-17-22-11-9-10-16-26(22)29(23)30-27(28)19-20-32(35-30,24-12-5-3-6-13-24)25-14-7-4-8-15-25/h3-21H,1-2H3. The Hall–Kier alpha value is -4.37. The highest BCUT2D eigenvalue weighted by molar-refractivity contribution is 6.15. The van der Waals surface area contributed by atoms with Crippen LogP contribution in [-0.2, 0) is 5.60 Å². The van der Waals surface area contributed by atoms with Crippen LogP contribution in [0.1, 0.15) is 27.0 Å². The lowest BCUT2D eigenvalue weighted by Crippen LogP contribution is -2.35. The third-order valence-corrected chi connectivity index (χ3v) is 6.81. The molecule has 170 valence electrons. The average molecular weight is 456 g/mol. The van der Waals surface area contributed by atoms with Crippen LogP contribution in [0.5, 0.6) is 5.75 Å². The molecule has 3 heteroatoms. The van der Waals surface area contributed by atoms with Crippen LogP contribution in [0.25, 0.3) is 27.6 Å². The molecule has 1 heterocycles. The second kappa shape index (κ2) is 8.14. The number of carbonyl (C=O) groups excluding carboxylic acids is 1. The molecule has 5 aromatic rings. The topological polar surface area (TPSA) is 29.5 Å². The summed E-state index contributed by atoms with van der Waals surface area (Å²) in [6, 6.07) is 35.1. The second-order valence-corrected chi connectivity index (χ2v) is 9.15. The Morgan fingerprint density at radius 3 is 2.00 bits per heavy atom. The van der Waals surface area contributed by atoms with E-state index < -0.39 is 5.60 Å². The van der Waals surface area contributed by atoms with Gasteiger partial charge in [-0.25, -0.2) is 0 Å². The molecule has 0 saturated heterocycles. The van der Waals surface area contributed by atoms with Gasteiger partial charge in [-0.15, -0.1) is 0 Å². The minimum absolute atomic E-state index is 0.0449. The molecular weight excluding hydrogens is 430 g/mol. The van der Waals surface area contributed by atoms with E-state index >= 15 is 0 Å². The van der Waals surface area contributed by atoms with Crippen LogP contribution < -0.4 is 4.74 Å². The first-order chi connectivity index (χ1) is 17.1. The predicted octanol–water partition coefficient (Wildman–Crippen LogP) is 7.04. The van der Waals surface area contributed by atoms with Crippen LogP contribution in [0.2, 0.25) is 0 Å². The van der Waals surface area contributed by atoms with E-state index in [1.165, 1.54) is 0 Å². The van der Waals surface area contributed by atoms with Crippen molar-refractivity contribution in [3.05, 3.63) is 131 Å². The summed E-state index contributed by atoms with van der Waals surface area (Å²) in [5.41, 5.74) is 2.70. The van der Waals surface area contributed by atoms with Crippen molar-refractivity contribution in [2.24, 2.45) is 0 Å². The zero-order valence-corrected chi connectivity index (χ0v) is 19.7. The van der Waals surface area contributed by atoms with Gasteiger partial charge in [-0.3, -0.25) is 4.79 Å². The Morgan fingerprint density at radius 1 is 0.743 bits per heavy atom. The van der Waals surface area contributed by atoms with Crippen molar-refractivity contribution in [1.29, 1.82) is 0 Å². The van der Waals surface area contributed by atoms with Gasteiger partial charge in [-0.05, 0) is 34.4 Å². The predicted molar refractivity (Wildman–Crippen MR) is 143 cm³/mol. The molecule has 1 amide bonds. The SMILES string of the molecule is CN(C)C(=O)c1cc2ccc3ccccc3c2c2c1C=CC(c1ccccc1)(c1ccccc1)O2. The van der Waals surface area contributed by atoms with Crippen LogP contribution in [-0.4, -0.2) is 24.9 Å². The molecule has 0 radical (unpaired) electrons. The van der Waals surface area contributed by atoms with Gasteiger partial charge in [0.2, 0.25) is 0 Å². The molecule has 0 saturated carbocycles. The molecule has 0 unspecified atom stereocenters. The lowest BCUT2D eigenvalue weighted by Gasteiger charge is -2.37. The van der Waals surface area contributed by atoms with Crippen molar-refractivity contribution in [3.8, 4) is 5.75 Å². The van der Waals surface area contributed by atoms with Crippen molar-refractivity contribution < 1.29 is 9.53 Å². The zero-order chi connectivity index (χ0) is 24.0. The van der Waals surface area contributed by atoms with Crippen LogP contribution in [0.4, 0.5) is 0 Å². The van der Waals surface area contributed by atoms with E-state index in [0.717, 1.165) is 44.0 Å². The van der Waals surface area contributed by atoms with Gasteiger partial charge in [0, 0.05) is 36.2 Å². The third kappa shape index (κ3) is 3.31. The van der Waals surface area contributed by atoms with E-state index in [9.17, 15) is 4.79 Å². The fourth-order valence-corrected chi connectivity index (χ4v) is 5.09. The van der Waals surface area contributed by atoms with Gasteiger partial charge in [0.05, 0.1) is 5.56 Å². The van der Waals surface area contributed by atoms with Crippen molar-refractivity contribution >= 4 is 33.5 Å². The molecular formula is C32H25NO2. The van der Waals surface area contributed by atoms with Crippen LogP contribution in [0.3, 0.4) is 0 Å². The highest BCUT2D eigenvalue weighted by atomic mass is 16.5. The number of amides is 1. The van der Waals surface area contributed by atoms with Crippen molar-refractivity contribution in [2.45, 2.75) is 5.60 Å². The Morgan fingerprint density at radius 2 is 1.34 bits per heavy atom. The molecule has 0 N–H and O–H groups in total. The first-order valence-electron chi connectivity index (χ1n) is 11.8. The van der Waals surface area contributed by atoms with E-state index in [4.69, 9.17) is 4.74 Å². The molecule has 0 atom stereocenters. The van der Waals surface area contributed by atoms with E-state index in [1.807, 2.05) is 54.6 Å². The molecule has 6 rings (SSSR count). The Balaban J connectivity index is 1.72. The monoisotopic (exact) mass is 455 g/mol. The smallest absolute Gasteiger partial charge is 0.254 e. The molecule has 0 spiro atoms. The van der Waals surface area contributed by atoms with Crippen LogP contribution in [0, 0.1) is 0 Å². The minimum atomic E-state index is -0.820. The first kappa shape index (κ1) is 21.2. The minimum Gasteiger partial charge on any atom is -0.472 e. The molecule has 0 aliphatic carbocycles. The highest BCUT2D eigenvalue weighted by Gasteiger charge is 2.39. The van der Waals surface area contributed by atoms with E-state index in [-0.39, 0.29) is 5.91 Å². The highest BCUT2D eigenvalue weighted by Crippen LogP contribution is 2.48. The summed E-state index contributed by atoms with van der Waals surface area (Å²) in [7, 11) is 3.57. The molecule has 35 heavy (non-hydrogen) atoms. The maximum atomic E-state index is 13.3. The Kier molecular flexibility index (Phi) is 4.93. The van der Waals surface area contributed by atoms with Crippen LogP contribution in [0.15, 0.2) is 109 Å². The molecule has 0 fully saturated rings. The summed E-state index contributed by atoms with van der Waals surface area (Å²) in [4.78, 5) is 14.9. The quantitative estimate of drug-likeness (QED) is 0.273. The number of hydrogen-bond acceptors (Lipinski definition) is 2. The van der Waals surface area contributed by atoms with E-state index in [2.05, 4.69) is 60.7 Å². The first-order valence-corrected chi connectivity index (χ1v) is 11.8. The number of ether oxygens (including phenoxy) is 1. The van der Waals surface area contributed by atoms with Gasteiger partial charge in [0.15, 0.2) is 5.60 Å². The average Bonchev–Trinajstić information content (AvgIpc) is 2.92. The summed E-state index contributed by atoms with van der Waals surface area (Å²) < 4.78 is 7.13. The number of carbonyl (C=O) groups is 1. The van der Waals surface area contributed by atoms with Gasteiger partial charge >= 0.3 is 0 Å². The number of benzene rings is 5. The Labute approximate surface area is 204 Å². The van der Waals surface area contributed by atoms with Crippen molar-refractivity contribution in [2.75, 3.05) is 14.1 Å². The Bertz CT molecular complexity index is 1560. The molecule has 0 bridgehead atoms. The fraction of sp³-hybridized carbons (Fsp3) is 0.0938. The fourth-order valence-electron chi connectivity index (χ4n) is 5.09. The van der Waals surface area contributed by atoms with Crippen molar-refractivity contribution in [1.82, 2.24) is 4.90 Å². The molecule has 0 aromatic heterocycles. The van der Waals surface area contributed by atoms with E-state index in [0.29, 0.717) is 5.56 Å². The maximum Gasteiger partial charge on any atom is 0.254 e. The number of hydrogen-bond donors (Lipinski definition) is 0. The summed E-state index contributed by atoms with van der Waals surface area (Å²) in [5.74, 6) is 0.691. The van der Waals surface area contributed by atoms with Gasteiger partial charge in [0.25, 0.3) is 5.91 Å². The second-order valence-electron chi connectivity index (χ2n) is 9.15. The zero-order valence-electron chi connectivity index (χ0n) is 19.7. The number of fused-ring (bicyclic) bond motifs is 5. The van der Waals surface area contributed by atoms with Gasteiger partial charge in [-0.2, -0.15) is 0 Å². The molecule has 3 nitrogen and oxygen atoms in total. The lowest BCUT2D eigenvalue weighted by molar-refractivity contribution is 0.0826. The summed E-state index contributed by atoms with van der Waals surface area (Å²) >= 11 is 0. The lowest BCUT2D eigenvalue weighted by atomic mass is 9.82. The summed E-state index contributed by atoms with van der Waals surface area (Å²) in [6.45, 7) is 0. The van der Waals surface area contributed by atoms with Gasteiger partial charge in [0.1, 0.15) is 5.75 Å². The third-order valence-electron chi connectivity index (χ3n) is 6.81. The molecule has 1 aliphatic rings. The van der Waals surface area contributed by atoms with Crippen LogP contribution >= 0.6 is 0 Å². The maximum absolute atomic E-state index is 13.3. The van der Waals surface area contributed by atoms with E-state index in [1.54, 1.807) is 19.0 Å². The molecule has 5 aromatic carbocycles. The van der Waals surface area contributed by atoms with Gasteiger partial charge in [-0.1, -0.05) is 97.1 Å². The number of nitrogens with zero attached hydrogens (tertiary/aromatic N) is 1. The normalized spacial score (nSPS) is 13.9.